The van der Waals surface area contributed by atoms with Crippen LogP contribution in [0.4, 0.5) is 0 Å². The molecular formula is C10H18N2O. The van der Waals surface area contributed by atoms with Crippen LogP contribution in [0.5, 0.6) is 0 Å². The van der Waals surface area contributed by atoms with Crippen molar-refractivity contribution in [1.82, 2.24) is 5.32 Å². The third-order valence-electron chi connectivity index (χ3n) is 3.42. The van der Waals surface area contributed by atoms with Gasteiger partial charge in [-0.25, -0.2) is 0 Å². The Morgan fingerprint density at radius 2 is 2.00 bits per heavy atom. The summed E-state index contributed by atoms with van der Waals surface area (Å²) in [6, 6.07) is 0.441. The molecule has 0 unspecified atom stereocenters. The van der Waals surface area contributed by atoms with E-state index in [-0.39, 0.29) is 11.3 Å². The number of hydrogen-bond acceptors (Lipinski definition) is 2. The molecular weight excluding hydrogens is 164 g/mol. The van der Waals surface area contributed by atoms with Crippen LogP contribution in [0.3, 0.4) is 0 Å². The fraction of sp³-hybridized carbons (Fsp3) is 0.900. The van der Waals surface area contributed by atoms with Crippen LogP contribution >= 0.6 is 0 Å². The highest BCUT2D eigenvalue weighted by Gasteiger charge is 2.48. The van der Waals surface area contributed by atoms with Crippen LogP contribution < -0.4 is 11.1 Å². The van der Waals surface area contributed by atoms with Gasteiger partial charge in [0.2, 0.25) is 5.91 Å². The van der Waals surface area contributed by atoms with Crippen molar-refractivity contribution in [3.63, 3.8) is 0 Å². The molecule has 2 aliphatic rings. The second-order valence-corrected chi connectivity index (χ2v) is 4.44. The van der Waals surface area contributed by atoms with Gasteiger partial charge in [0.1, 0.15) is 0 Å². The summed E-state index contributed by atoms with van der Waals surface area (Å²) in [4.78, 5) is 11.7. The highest BCUT2D eigenvalue weighted by Crippen LogP contribution is 2.44. The van der Waals surface area contributed by atoms with Crippen LogP contribution in [-0.2, 0) is 4.79 Å². The summed E-state index contributed by atoms with van der Waals surface area (Å²) >= 11 is 0. The lowest BCUT2D eigenvalue weighted by molar-refractivity contribution is -0.126. The van der Waals surface area contributed by atoms with Gasteiger partial charge in [-0.15, -0.1) is 0 Å². The van der Waals surface area contributed by atoms with Gasteiger partial charge in [-0.3, -0.25) is 4.79 Å². The first-order valence-corrected chi connectivity index (χ1v) is 5.28. The van der Waals surface area contributed by atoms with E-state index in [1.54, 1.807) is 0 Å². The normalized spacial score (nSPS) is 25.9. The van der Waals surface area contributed by atoms with Crippen molar-refractivity contribution in [3.05, 3.63) is 0 Å². The molecule has 0 aromatic carbocycles. The number of carbonyl (C=O) groups excluding carboxylic acids is 1. The SMILES string of the molecule is NCC1(C(=O)NC2CCCC2)CC1. The molecule has 2 fully saturated rings. The summed E-state index contributed by atoms with van der Waals surface area (Å²) in [5.74, 6) is 0.210. The molecule has 0 bridgehead atoms. The Morgan fingerprint density at radius 1 is 1.38 bits per heavy atom. The minimum absolute atomic E-state index is 0.164. The zero-order chi connectivity index (χ0) is 9.31. The molecule has 0 atom stereocenters. The summed E-state index contributed by atoms with van der Waals surface area (Å²) in [5.41, 5.74) is 5.42. The first-order chi connectivity index (χ1) is 6.27. The van der Waals surface area contributed by atoms with Gasteiger partial charge in [0, 0.05) is 12.6 Å². The predicted molar refractivity (Wildman–Crippen MR) is 51.1 cm³/mol. The molecule has 13 heavy (non-hydrogen) atoms. The van der Waals surface area contributed by atoms with Crippen molar-refractivity contribution in [1.29, 1.82) is 0 Å². The fourth-order valence-corrected chi connectivity index (χ4v) is 2.08. The van der Waals surface area contributed by atoms with E-state index < -0.39 is 0 Å². The first-order valence-electron chi connectivity index (χ1n) is 5.28. The van der Waals surface area contributed by atoms with Gasteiger partial charge in [-0.2, -0.15) is 0 Å². The summed E-state index contributed by atoms with van der Waals surface area (Å²) in [7, 11) is 0. The lowest BCUT2D eigenvalue weighted by Crippen LogP contribution is -2.41. The van der Waals surface area contributed by atoms with E-state index in [2.05, 4.69) is 5.32 Å². The zero-order valence-corrected chi connectivity index (χ0v) is 8.01. The van der Waals surface area contributed by atoms with Gasteiger partial charge in [0.25, 0.3) is 0 Å². The molecule has 3 N–H and O–H groups in total. The standard InChI is InChI=1S/C10H18N2O/c11-7-10(5-6-10)9(13)12-8-3-1-2-4-8/h8H,1-7,11H2,(H,12,13). The van der Waals surface area contributed by atoms with Gasteiger partial charge in [-0.1, -0.05) is 12.8 Å². The van der Waals surface area contributed by atoms with E-state index in [1.165, 1.54) is 12.8 Å². The first kappa shape index (κ1) is 9.00. The second kappa shape index (κ2) is 3.29. The lowest BCUT2D eigenvalue weighted by Gasteiger charge is -2.17. The Balaban J connectivity index is 1.84. The van der Waals surface area contributed by atoms with Gasteiger partial charge in [-0.05, 0) is 25.7 Å². The van der Waals surface area contributed by atoms with E-state index >= 15 is 0 Å². The number of nitrogens with one attached hydrogen (secondary N) is 1. The van der Waals surface area contributed by atoms with Gasteiger partial charge in [0.15, 0.2) is 0 Å². The smallest absolute Gasteiger partial charge is 0.227 e. The van der Waals surface area contributed by atoms with Crippen LogP contribution in [0.2, 0.25) is 0 Å². The molecule has 0 radical (unpaired) electrons. The number of hydrogen-bond donors (Lipinski definition) is 2. The molecule has 0 aliphatic heterocycles. The quantitative estimate of drug-likeness (QED) is 0.678. The van der Waals surface area contributed by atoms with Crippen molar-refractivity contribution in [3.8, 4) is 0 Å². The number of carbonyl (C=O) groups is 1. The summed E-state index contributed by atoms with van der Waals surface area (Å²) in [6.07, 6.45) is 6.82. The average Bonchev–Trinajstić information content (AvgIpc) is 2.79. The van der Waals surface area contributed by atoms with E-state index in [0.29, 0.717) is 12.6 Å². The highest BCUT2D eigenvalue weighted by atomic mass is 16.2. The molecule has 1 amide bonds. The fourth-order valence-electron chi connectivity index (χ4n) is 2.08. The summed E-state index contributed by atoms with van der Waals surface area (Å²) < 4.78 is 0. The predicted octanol–water partition coefficient (Wildman–Crippen LogP) is 0.784. The zero-order valence-electron chi connectivity index (χ0n) is 8.01. The second-order valence-electron chi connectivity index (χ2n) is 4.44. The van der Waals surface area contributed by atoms with E-state index in [4.69, 9.17) is 5.73 Å². The molecule has 3 nitrogen and oxygen atoms in total. The maximum Gasteiger partial charge on any atom is 0.227 e. The van der Waals surface area contributed by atoms with Crippen LogP contribution in [0.15, 0.2) is 0 Å². The largest absolute Gasteiger partial charge is 0.353 e. The number of rotatable bonds is 3. The van der Waals surface area contributed by atoms with Crippen molar-refractivity contribution in [2.75, 3.05) is 6.54 Å². The topological polar surface area (TPSA) is 55.1 Å². The third-order valence-corrected chi connectivity index (χ3v) is 3.42. The molecule has 3 heteroatoms. The number of nitrogens with two attached hydrogens (primary N) is 1. The van der Waals surface area contributed by atoms with Crippen LogP contribution in [-0.4, -0.2) is 18.5 Å². The Morgan fingerprint density at radius 3 is 2.46 bits per heavy atom. The maximum atomic E-state index is 11.7. The summed E-state index contributed by atoms with van der Waals surface area (Å²) in [5, 5.41) is 3.11. The molecule has 0 saturated heterocycles. The van der Waals surface area contributed by atoms with Crippen molar-refractivity contribution < 1.29 is 4.79 Å². The lowest BCUT2D eigenvalue weighted by atomic mass is 10.1. The minimum atomic E-state index is -0.164. The molecule has 0 aromatic rings. The Labute approximate surface area is 79.1 Å². The van der Waals surface area contributed by atoms with Gasteiger partial charge < -0.3 is 11.1 Å². The number of amides is 1. The molecule has 2 aliphatic carbocycles. The van der Waals surface area contributed by atoms with E-state index in [1.807, 2.05) is 0 Å². The van der Waals surface area contributed by atoms with E-state index in [0.717, 1.165) is 25.7 Å². The van der Waals surface area contributed by atoms with Gasteiger partial charge >= 0.3 is 0 Å². The monoisotopic (exact) mass is 182 g/mol. The Kier molecular flexibility index (Phi) is 2.28. The summed E-state index contributed by atoms with van der Waals surface area (Å²) in [6.45, 7) is 0.519. The maximum absolute atomic E-state index is 11.7. The van der Waals surface area contributed by atoms with Crippen LogP contribution in [0.1, 0.15) is 38.5 Å². The highest BCUT2D eigenvalue weighted by molar-refractivity contribution is 5.85. The van der Waals surface area contributed by atoms with Crippen molar-refractivity contribution in [2.24, 2.45) is 11.1 Å². The third kappa shape index (κ3) is 1.70. The molecule has 2 saturated carbocycles. The Bertz CT molecular complexity index is 205. The van der Waals surface area contributed by atoms with Crippen molar-refractivity contribution >= 4 is 5.91 Å². The molecule has 74 valence electrons. The van der Waals surface area contributed by atoms with Crippen molar-refractivity contribution in [2.45, 2.75) is 44.6 Å². The van der Waals surface area contributed by atoms with Crippen LogP contribution in [0.25, 0.3) is 0 Å². The Hall–Kier alpha value is -0.570. The van der Waals surface area contributed by atoms with Gasteiger partial charge in [0.05, 0.1) is 5.41 Å². The molecule has 0 spiro atoms. The molecule has 0 aromatic heterocycles. The van der Waals surface area contributed by atoms with E-state index in [9.17, 15) is 4.79 Å². The van der Waals surface area contributed by atoms with Crippen LogP contribution in [0, 0.1) is 5.41 Å². The molecule has 2 rings (SSSR count). The minimum Gasteiger partial charge on any atom is -0.353 e. The molecule has 0 heterocycles. The average molecular weight is 182 g/mol.